The molecule has 0 radical (unpaired) electrons. The molecule has 1 unspecified atom stereocenters. The number of carbonyl (C=O) groups excluding carboxylic acids is 1. The number of aromatic nitrogens is 2. The Morgan fingerprint density at radius 1 is 1.27 bits per heavy atom. The molecule has 1 saturated heterocycles. The third-order valence-corrected chi connectivity index (χ3v) is 4.26. The molecule has 2 heterocycles. The molecule has 1 N–H and O–H groups in total. The van der Waals surface area contributed by atoms with Gasteiger partial charge in [-0.1, -0.05) is 18.2 Å². The van der Waals surface area contributed by atoms with Gasteiger partial charge in [0.15, 0.2) is 0 Å². The van der Waals surface area contributed by atoms with E-state index in [1.54, 1.807) is 10.9 Å². The fraction of sp³-hybridized carbons (Fsp3) is 0.412. The third kappa shape index (κ3) is 3.20. The van der Waals surface area contributed by atoms with Crippen LogP contribution in [0, 0.1) is 0 Å². The van der Waals surface area contributed by atoms with E-state index in [0.717, 1.165) is 38.0 Å². The van der Waals surface area contributed by atoms with Crippen LogP contribution in [0.4, 0.5) is 0 Å². The predicted molar refractivity (Wildman–Crippen MR) is 86.2 cm³/mol. The lowest BCUT2D eigenvalue weighted by atomic mass is 10.1. The number of nitrogens with zero attached hydrogens (tertiary/aromatic N) is 3. The number of carbonyl (C=O) groups is 1. The van der Waals surface area contributed by atoms with Crippen molar-refractivity contribution in [3.05, 3.63) is 48.3 Å². The molecule has 1 aromatic heterocycles. The Bertz CT molecular complexity index is 615. The second-order valence-corrected chi connectivity index (χ2v) is 5.76. The Morgan fingerprint density at radius 2 is 2.09 bits per heavy atom. The molecule has 1 aromatic carbocycles. The molecule has 0 saturated carbocycles. The van der Waals surface area contributed by atoms with E-state index in [1.165, 1.54) is 0 Å². The van der Waals surface area contributed by atoms with Gasteiger partial charge in [0.25, 0.3) is 5.91 Å². The molecule has 1 aliphatic heterocycles. The first-order valence-corrected chi connectivity index (χ1v) is 7.83. The molecule has 0 bridgehead atoms. The summed E-state index contributed by atoms with van der Waals surface area (Å²) in [7, 11) is 1.90. The lowest BCUT2D eigenvalue weighted by Gasteiger charge is -2.26. The highest BCUT2D eigenvalue weighted by Crippen LogP contribution is 2.16. The van der Waals surface area contributed by atoms with Gasteiger partial charge in [-0.25, -0.2) is 4.68 Å². The zero-order chi connectivity index (χ0) is 15.4. The number of hydrogen-bond donors (Lipinski definition) is 1. The van der Waals surface area contributed by atoms with Crippen LogP contribution in [0.5, 0.6) is 0 Å². The smallest absolute Gasteiger partial charge is 0.257 e. The van der Waals surface area contributed by atoms with Crippen LogP contribution in [-0.2, 0) is 0 Å². The van der Waals surface area contributed by atoms with Gasteiger partial charge in [-0.2, -0.15) is 5.10 Å². The lowest BCUT2D eigenvalue weighted by molar-refractivity contribution is 0.0720. The second-order valence-electron chi connectivity index (χ2n) is 5.76. The zero-order valence-electron chi connectivity index (χ0n) is 12.9. The van der Waals surface area contributed by atoms with Gasteiger partial charge in [-0.05, 0) is 44.5 Å². The van der Waals surface area contributed by atoms with E-state index in [4.69, 9.17) is 0 Å². The van der Waals surface area contributed by atoms with Gasteiger partial charge < -0.3 is 10.2 Å². The van der Waals surface area contributed by atoms with Crippen molar-refractivity contribution in [3.63, 3.8) is 0 Å². The maximum atomic E-state index is 12.7. The minimum absolute atomic E-state index is 0.0501. The quantitative estimate of drug-likeness (QED) is 0.944. The van der Waals surface area contributed by atoms with Crippen LogP contribution in [0.25, 0.3) is 5.69 Å². The highest BCUT2D eigenvalue weighted by molar-refractivity contribution is 5.93. The summed E-state index contributed by atoms with van der Waals surface area (Å²) in [6, 6.07) is 10.1. The average molecular weight is 298 g/mol. The summed E-state index contributed by atoms with van der Waals surface area (Å²) in [5.41, 5.74) is 1.60. The first-order valence-electron chi connectivity index (χ1n) is 7.83. The van der Waals surface area contributed by atoms with Crippen molar-refractivity contribution in [1.29, 1.82) is 0 Å². The fourth-order valence-electron chi connectivity index (χ4n) is 2.91. The van der Waals surface area contributed by atoms with Gasteiger partial charge in [0.1, 0.15) is 0 Å². The number of rotatable bonds is 3. The molecule has 22 heavy (non-hydrogen) atoms. The summed E-state index contributed by atoms with van der Waals surface area (Å²) in [6.07, 6.45) is 6.65. The van der Waals surface area contributed by atoms with E-state index in [1.807, 2.05) is 48.5 Å². The molecule has 5 nitrogen and oxygen atoms in total. The Kier molecular flexibility index (Phi) is 4.53. The van der Waals surface area contributed by atoms with Gasteiger partial charge >= 0.3 is 0 Å². The average Bonchev–Trinajstić information content (AvgIpc) is 2.90. The number of amides is 1. The van der Waals surface area contributed by atoms with E-state index in [-0.39, 0.29) is 5.91 Å². The van der Waals surface area contributed by atoms with E-state index in [2.05, 4.69) is 10.4 Å². The highest BCUT2D eigenvalue weighted by Gasteiger charge is 2.23. The first kappa shape index (κ1) is 14.8. The number of para-hydroxylation sites is 1. The molecule has 3 rings (SSSR count). The Balaban J connectivity index is 1.73. The Hall–Kier alpha value is -2.14. The van der Waals surface area contributed by atoms with Crippen LogP contribution in [0.3, 0.4) is 0 Å². The summed E-state index contributed by atoms with van der Waals surface area (Å²) < 4.78 is 1.75. The summed E-state index contributed by atoms with van der Waals surface area (Å²) >= 11 is 0. The third-order valence-electron chi connectivity index (χ3n) is 4.26. The molecule has 1 aliphatic rings. The molecular weight excluding hydrogens is 276 g/mol. The molecule has 0 spiro atoms. The van der Waals surface area contributed by atoms with Crippen LogP contribution in [-0.4, -0.2) is 46.8 Å². The first-order chi connectivity index (χ1) is 10.8. The van der Waals surface area contributed by atoms with Crippen molar-refractivity contribution >= 4 is 5.91 Å². The van der Waals surface area contributed by atoms with Gasteiger partial charge in [0.05, 0.1) is 17.4 Å². The van der Waals surface area contributed by atoms with Crippen molar-refractivity contribution in [2.75, 3.05) is 20.1 Å². The van der Waals surface area contributed by atoms with Crippen LogP contribution < -0.4 is 5.32 Å². The van der Waals surface area contributed by atoms with E-state index in [0.29, 0.717) is 11.6 Å². The van der Waals surface area contributed by atoms with Gasteiger partial charge in [-0.3, -0.25) is 4.79 Å². The maximum absolute atomic E-state index is 12.7. The molecule has 1 fully saturated rings. The highest BCUT2D eigenvalue weighted by atomic mass is 16.2. The topological polar surface area (TPSA) is 50.2 Å². The molecule has 5 heteroatoms. The van der Waals surface area contributed by atoms with E-state index < -0.39 is 0 Å². The van der Waals surface area contributed by atoms with Gasteiger partial charge in [-0.15, -0.1) is 0 Å². The van der Waals surface area contributed by atoms with Crippen molar-refractivity contribution in [2.45, 2.75) is 25.3 Å². The maximum Gasteiger partial charge on any atom is 0.257 e. The zero-order valence-corrected chi connectivity index (χ0v) is 12.9. The number of benzene rings is 1. The largest absolute Gasteiger partial charge is 0.339 e. The Morgan fingerprint density at radius 3 is 2.91 bits per heavy atom. The number of hydrogen-bond acceptors (Lipinski definition) is 3. The van der Waals surface area contributed by atoms with Crippen molar-refractivity contribution in [2.24, 2.45) is 0 Å². The second kappa shape index (κ2) is 6.75. The normalized spacial score (nSPS) is 18.7. The summed E-state index contributed by atoms with van der Waals surface area (Å²) in [5, 5.41) is 7.69. The van der Waals surface area contributed by atoms with Crippen LogP contribution in [0.1, 0.15) is 29.6 Å². The Labute approximate surface area is 130 Å². The summed E-state index contributed by atoms with van der Waals surface area (Å²) in [6.45, 7) is 2.02. The van der Waals surface area contributed by atoms with Crippen molar-refractivity contribution in [1.82, 2.24) is 20.0 Å². The molecule has 2 aromatic rings. The van der Waals surface area contributed by atoms with Crippen LogP contribution >= 0.6 is 0 Å². The summed E-state index contributed by atoms with van der Waals surface area (Å²) in [4.78, 5) is 14.5. The van der Waals surface area contributed by atoms with E-state index in [9.17, 15) is 4.79 Å². The van der Waals surface area contributed by atoms with E-state index >= 15 is 0 Å². The van der Waals surface area contributed by atoms with Gasteiger partial charge in [0.2, 0.25) is 0 Å². The molecule has 0 aliphatic carbocycles. The van der Waals surface area contributed by atoms with Crippen molar-refractivity contribution < 1.29 is 4.79 Å². The molecular formula is C17H22N4O. The lowest BCUT2D eigenvalue weighted by Crippen LogP contribution is -2.37. The van der Waals surface area contributed by atoms with Crippen LogP contribution in [0.2, 0.25) is 0 Å². The molecule has 116 valence electrons. The minimum atomic E-state index is 0.0501. The summed E-state index contributed by atoms with van der Waals surface area (Å²) in [5.74, 6) is 0.0501. The predicted octanol–water partition coefficient (Wildman–Crippen LogP) is 2.09. The number of nitrogens with one attached hydrogen (secondary N) is 1. The fourth-order valence-corrected chi connectivity index (χ4v) is 2.91. The van der Waals surface area contributed by atoms with Crippen LogP contribution in [0.15, 0.2) is 42.7 Å². The minimum Gasteiger partial charge on any atom is -0.339 e. The molecule has 1 amide bonds. The monoisotopic (exact) mass is 298 g/mol. The standard InChI is InChI=1S/C17H22N4O/c1-20(15-8-5-10-18-11-9-15)17(22)14-12-19-21(13-14)16-6-3-2-4-7-16/h2-4,6-7,12-13,15,18H,5,8-11H2,1H3. The molecule has 1 atom stereocenters. The SMILES string of the molecule is CN(C(=O)c1cnn(-c2ccccc2)c1)C1CCCNCC1. The van der Waals surface area contributed by atoms with Crippen molar-refractivity contribution in [3.8, 4) is 5.69 Å². The van der Waals surface area contributed by atoms with Gasteiger partial charge in [0, 0.05) is 19.3 Å².